The van der Waals surface area contributed by atoms with Crippen LogP contribution >= 0.6 is 31.9 Å². The van der Waals surface area contributed by atoms with Crippen LogP contribution in [-0.4, -0.2) is 7.11 Å². The fourth-order valence-corrected chi connectivity index (χ4v) is 2.63. The van der Waals surface area contributed by atoms with Gasteiger partial charge in [0.1, 0.15) is 30.0 Å². The number of nitriles is 1. The van der Waals surface area contributed by atoms with Gasteiger partial charge in [0.05, 0.1) is 21.6 Å². The zero-order valence-electron chi connectivity index (χ0n) is 11.0. The normalized spacial score (nSPS) is 10.0. The Hall–Kier alpha value is -1.58. The van der Waals surface area contributed by atoms with Gasteiger partial charge in [0, 0.05) is 5.56 Å². The molecule has 0 atom stereocenters. The third-order valence-electron chi connectivity index (χ3n) is 2.79. The van der Waals surface area contributed by atoms with Gasteiger partial charge in [-0.3, -0.25) is 0 Å². The van der Waals surface area contributed by atoms with Gasteiger partial charge in [-0.15, -0.1) is 0 Å². The lowest BCUT2D eigenvalue weighted by molar-refractivity contribution is 0.297. The highest BCUT2D eigenvalue weighted by Gasteiger charge is 2.11. The summed E-state index contributed by atoms with van der Waals surface area (Å²) in [6.45, 7) is 0.0265. The molecule has 21 heavy (non-hydrogen) atoms. The number of hydrogen-bond acceptors (Lipinski definition) is 3. The van der Waals surface area contributed by atoms with E-state index in [2.05, 4.69) is 31.9 Å². The summed E-state index contributed by atoms with van der Waals surface area (Å²) in [6.07, 6.45) is 0. The molecule has 108 valence electrons. The Balaban J connectivity index is 2.21. The molecule has 0 saturated heterocycles. The van der Waals surface area contributed by atoms with Crippen LogP contribution in [0.2, 0.25) is 0 Å². The summed E-state index contributed by atoms with van der Waals surface area (Å²) in [5.41, 5.74) is 0.332. The van der Waals surface area contributed by atoms with Crippen molar-refractivity contribution in [1.29, 1.82) is 5.26 Å². The van der Waals surface area contributed by atoms with E-state index in [4.69, 9.17) is 14.7 Å². The highest BCUT2D eigenvalue weighted by molar-refractivity contribution is 9.11. The van der Waals surface area contributed by atoms with E-state index in [0.717, 1.165) is 4.47 Å². The van der Waals surface area contributed by atoms with E-state index in [1.165, 1.54) is 6.07 Å². The summed E-state index contributed by atoms with van der Waals surface area (Å²) in [5, 5.41) is 8.81. The maximum absolute atomic E-state index is 13.9. The third-order valence-corrected chi connectivity index (χ3v) is 4.03. The number of nitrogens with zero attached hydrogens (tertiary/aromatic N) is 1. The van der Waals surface area contributed by atoms with Gasteiger partial charge in [-0.25, -0.2) is 4.39 Å². The second-order valence-electron chi connectivity index (χ2n) is 4.10. The lowest BCUT2D eigenvalue weighted by atomic mass is 10.1. The second kappa shape index (κ2) is 6.92. The van der Waals surface area contributed by atoms with Crippen molar-refractivity contribution in [1.82, 2.24) is 0 Å². The van der Waals surface area contributed by atoms with Crippen molar-refractivity contribution in [2.45, 2.75) is 6.61 Å². The van der Waals surface area contributed by atoms with E-state index in [9.17, 15) is 4.39 Å². The van der Waals surface area contributed by atoms with Crippen LogP contribution in [0.4, 0.5) is 4.39 Å². The van der Waals surface area contributed by atoms with Crippen LogP contribution in [0.1, 0.15) is 11.1 Å². The summed E-state index contributed by atoms with van der Waals surface area (Å²) in [6, 6.07) is 9.93. The van der Waals surface area contributed by atoms with Crippen molar-refractivity contribution in [3.8, 4) is 17.6 Å². The highest BCUT2D eigenvalue weighted by atomic mass is 79.9. The Labute approximate surface area is 138 Å². The predicted molar refractivity (Wildman–Crippen MR) is 83.8 cm³/mol. The minimum atomic E-state index is -0.552. The quantitative estimate of drug-likeness (QED) is 0.720. The Kier molecular flexibility index (Phi) is 5.21. The molecule has 0 amide bonds. The first-order valence-electron chi connectivity index (χ1n) is 5.90. The van der Waals surface area contributed by atoms with Crippen LogP contribution in [0.15, 0.2) is 39.3 Å². The van der Waals surface area contributed by atoms with Gasteiger partial charge in [-0.2, -0.15) is 5.26 Å². The van der Waals surface area contributed by atoms with Crippen molar-refractivity contribution in [3.63, 3.8) is 0 Å². The maximum Gasteiger partial charge on any atom is 0.147 e. The first-order valence-corrected chi connectivity index (χ1v) is 7.48. The first kappa shape index (κ1) is 15.8. The molecule has 0 radical (unpaired) electrons. The van der Waals surface area contributed by atoms with Gasteiger partial charge >= 0.3 is 0 Å². The van der Waals surface area contributed by atoms with Crippen molar-refractivity contribution in [3.05, 3.63) is 56.2 Å². The molecule has 0 unspecified atom stereocenters. The van der Waals surface area contributed by atoms with Gasteiger partial charge in [0.25, 0.3) is 0 Å². The van der Waals surface area contributed by atoms with Gasteiger partial charge < -0.3 is 9.47 Å². The zero-order valence-corrected chi connectivity index (χ0v) is 14.2. The molecule has 0 fully saturated rings. The number of halogens is 3. The summed E-state index contributed by atoms with van der Waals surface area (Å²) >= 11 is 6.73. The fraction of sp³-hybridized carbons (Fsp3) is 0.133. The molecule has 2 aromatic carbocycles. The molecule has 0 spiro atoms. The van der Waals surface area contributed by atoms with Crippen LogP contribution in [0.25, 0.3) is 0 Å². The van der Waals surface area contributed by atoms with Crippen molar-refractivity contribution >= 4 is 31.9 Å². The number of ether oxygens (including phenoxy) is 2. The summed E-state index contributed by atoms with van der Waals surface area (Å²) in [7, 11) is 1.57. The van der Waals surface area contributed by atoms with Gasteiger partial charge in [0.2, 0.25) is 0 Å². The molecule has 0 aliphatic heterocycles. The monoisotopic (exact) mass is 413 g/mol. The van der Waals surface area contributed by atoms with Crippen LogP contribution in [-0.2, 0) is 6.61 Å². The SMILES string of the molecule is COc1cc(Br)c(OCc2cccc(C#N)c2F)cc1Br. The average Bonchev–Trinajstić information content (AvgIpc) is 2.48. The Morgan fingerprint density at radius 2 is 1.86 bits per heavy atom. The van der Waals surface area contributed by atoms with Crippen molar-refractivity contribution in [2.24, 2.45) is 0 Å². The van der Waals surface area contributed by atoms with Crippen molar-refractivity contribution < 1.29 is 13.9 Å². The molecule has 2 rings (SSSR count). The van der Waals surface area contributed by atoms with Crippen LogP contribution in [0.5, 0.6) is 11.5 Å². The molecule has 6 heteroatoms. The van der Waals surface area contributed by atoms with E-state index in [1.54, 1.807) is 37.4 Å². The standard InChI is InChI=1S/C15H10Br2FNO2/c1-20-13-5-12(17)14(6-11(13)16)21-8-10-4-2-3-9(7-19)15(10)18/h2-6H,8H2,1H3. The van der Waals surface area contributed by atoms with Gasteiger partial charge in [0.15, 0.2) is 0 Å². The van der Waals surface area contributed by atoms with E-state index < -0.39 is 5.82 Å². The first-order chi connectivity index (χ1) is 10.1. The van der Waals surface area contributed by atoms with Crippen molar-refractivity contribution in [2.75, 3.05) is 7.11 Å². The van der Waals surface area contributed by atoms with Crippen LogP contribution < -0.4 is 9.47 Å². The molecule has 0 heterocycles. The highest BCUT2D eigenvalue weighted by Crippen LogP contribution is 2.36. The molecule has 0 aliphatic rings. The number of hydrogen-bond donors (Lipinski definition) is 0. The van der Waals surface area contributed by atoms with Gasteiger partial charge in [-0.05, 0) is 50.1 Å². The second-order valence-corrected chi connectivity index (χ2v) is 5.81. The number of rotatable bonds is 4. The molecule has 0 N–H and O–H groups in total. The summed E-state index contributed by atoms with van der Waals surface area (Å²) in [4.78, 5) is 0. The molecule has 2 aromatic rings. The lowest BCUT2D eigenvalue weighted by Crippen LogP contribution is -2.01. The third kappa shape index (κ3) is 3.55. The smallest absolute Gasteiger partial charge is 0.147 e. The lowest BCUT2D eigenvalue weighted by Gasteiger charge is -2.12. The Morgan fingerprint density at radius 1 is 1.19 bits per heavy atom. The molecular formula is C15H10Br2FNO2. The molecule has 0 saturated carbocycles. The van der Waals surface area contributed by atoms with E-state index in [-0.39, 0.29) is 12.2 Å². The minimum absolute atomic E-state index is 0.00563. The zero-order chi connectivity index (χ0) is 15.4. The molecule has 3 nitrogen and oxygen atoms in total. The molecule has 0 bridgehead atoms. The largest absolute Gasteiger partial charge is 0.496 e. The molecular weight excluding hydrogens is 405 g/mol. The minimum Gasteiger partial charge on any atom is -0.496 e. The van der Waals surface area contributed by atoms with Crippen LogP contribution in [0, 0.1) is 17.1 Å². The summed E-state index contributed by atoms with van der Waals surface area (Å²) < 4.78 is 26.1. The van der Waals surface area contributed by atoms with E-state index in [0.29, 0.717) is 21.5 Å². The maximum atomic E-state index is 13.9. The molecule has 0 aliphatic carbocycles. The number of benzene rings is 2. The number of methoxy groups -OCH3 is 1. The van der Waals surface area contributed by atoms with E-state index >= 15 is 0 Å². The van der Waals surface area contributed by atoms with E-state index in [1.807, 2.05) is 0 Å². The van der Waals surface area contributed by atoms with Gasteiger partial charge in [-0.1, -0.05) is 12.1 Å². The Bertz CT molecular complexity index is 714. The Morgan fingerprint density at radius 3 is 2.52 bits per heavy atom. The van der Waals surface area contributed by atoms with Crippen LogP contribution in [0.3, 0.4) is 0 Å². The topological polar surface area (TPSA) is 42.2 Å². The average molecular weight is 415 g/mol. The predicted octanol–water partition coefficient (Wildman–Crippen LogP) is 4.81. The molecule has 0 aromatic heterocycles. The fourth-order valence-electron chi connectivity index (χ4n) is 1.71. The summed E-state index contributed by atoms with van der Waals surface area (Å²) in [5.74, 6) is 0.653.